The molecule has 1 amide bonds. The predicted molar refractivity (Wildman–Crippen MR) is 119 cm³/mol. The molecule has 7 heteroatoms. The molecule has 0 aliphatic carbocycles. The van der Waals surface area contributed by atoms with Crippen LogP contribution in [-0.4, -0.2) is 26.0 Å². The number of benzene rings is 2. The van der Waals surface area contributed by atoms with Crippen molar-refractivity contribution in [3.05, 3.63) is 71.0 Å². The van der Waals surface area contributed by atoms with Gasteiger partial charge in [-0.3, -0.25) is 9.36 Å². The van der Waals surface area contributed by atoms with E-state index in [1.165, 1.54) is 16.7 Å². The lowest BCUT2D eigenvalue weighted by atomic mass is 10.1. The van der Waals surface area contributed by atoms with Crippen molar-refractivity contribution in [1.82, 2.24) is 20.1 Å². The first-order chi connectivity index (χ1) is 13.9. The Labute approximate surface area is 180 Å². The van der Waals surface area contributed by atoms with Gasteiger partial charge in [-0.15, -0.1) is 21.8 Å². The molecule has 1 heterocycles. The van der Waals surface area contributed by atoms with Gasteiger partial charge in [0.15, 0.2) is 11.0 Å². The summed E-state index contributed by atoms with van der Waals surface area (Å²) in [4.78, 5) is 12.1. The molecule has 0 spiro atoms. The van der Waals surface area contributed by atoms with Gasteiger partial charge in [0.25, 0.3) is 0 Å². The van der Waals surface area contributed by atoms with Gasteiger partial charge in [0.1, 0.15) is 5.38 Å². The van der Waals surface area contributed by atoms with Gasteiger partial charge < -0.3 is 5.32 Å². The van der Waals surface area contributed by atoms with Crippen LogP contribution in [0.15, 0.2) is 53.7 Å². The highest BCUT2D eigenvalue weighted by atomic mass is 35.5. The zero-order valence-electron chi connectivity index (χ0n) is 17.0. The van der Waals surface area contributed by atoms with Crippen molar-refractivity contribution in [1.29, 1.82) is 0 Å². The Morgan fingerprint density at radius 3 is 2.45 bits per heavy atom. The normalized spacial score (nSPS) is 13.1. The van der Waals surface area contributed by atoms with E-state index in [0.717, 1.165) is 16.6 Å². The third-order valence-electron chi connectivity index (χ3n) is 4.68. The Bertz CT molecular complexity index is 985. The fourth-order valence-corrected chi connectivity index (χ4v) is 4.00. The number of hydrogen-bond donors (Lipinski definition) is 1. The number of aromatic nitrogens is 3. The molecule has 2 aromatic carbocycles. The van der Waals surface area contributed by atoms with E-state index in [1.807, 2.05) is 35.8 Å². The minimum atomic E-state index is -0.608. The summed E-state index contributed by atoms with van der Waals surface area (Å²) in [7, 11) is 0. The van der Waals surface area contributed by atoms with Crippen molar-refractivity contribution in [2.45, 2.75) is 50.0 Å². The Morgan fingerprint density at radius 1 is 1.10 bits per heavy atom. The molecule has 0 aliphatic heterocycles. The number of alkyl halides is 1. The van der Waals surface area contributed by atoms with Crippen molar-refractivity contribution in [2.24, 2.45) is 0 Å². The number of nitrogens with zero attached hydrogens (tertiary/aromatic N) is 3. The van der Waals surface area contributed by atoms with Crippen LogP contribution in [0.1, 0.15) is 42.4 Å². The molecular weight excluding hydrogens is 404 g/mol. The summed E-state index contributed by atoms with van der Waals surface area (Å²) < 4.78 is 2.01. The van der Waals surface area contributed by atoms with Crippen LogP contribution >= 0.6 is 23.4 Å². The Balaban J connectivity index is 1.93. The molecule has 1 aromatic heterocycles. The van der Waals surface area contributed by atoms with Crippen molar-refractivity contribution < 1.29 is 4.79 Å². The van der Waals surface area contributed by atoms with Crippen LogP contribution in [0.4, 0.5) is 0 Å². The number of nitrogens with one attached hydrogen (secondary N) is 1. The third-order valence-corrected chi connectivity index (χ3v) is 5.85. The van der Waals surface area contributed by atoms with Gasteiger partial charge in [-0.05, 0) is 51.0 Å². The molecule has 0 saturated carbocycles. The van der Waals surface area contributed by atoms with Crippen LogP contribution in [0.25, 0.3) is 5.69 Å². The van der Waals surface area contributed by atoms with Gasteiger partial charge in [-0.1, -0.05) is 53.7 Å². The van der Waals surface area contributed by atoms with Crippen molar-refractivity contribution >= 4 is 29.3 Å². The van der Waals surface area contributed by atoms with Gasteiger partial charge in [0.2, 0.25) is 5.91 Å². The van der Waals surface area contributed by atoms with E-state index in [4.69, 9.17) is 11.6 Å². The summed E-state index contributed by atoms with van der Waals surface area (Å²) in [6.45, 7) is 7.70. The van der Waals surface area contributed by atoms with Crippen LogP contribution < -0.4 is 5.32 Å². The van der Waals surface area contributed by atoms with E-state index in [-0.39, 0.29) is 11.9 Å². The standard InChI is InChI=1S/C22H25ClN4OS/c1-14-9-11-19(12-10-14)27-20(17(4)24-21(28)16(3)23)25-26-22(27)29-13-18-8-6-5-7-15(18)2/h5-12,16-17H,13H2,1-4H3,(H,24,28). The van der Waals surface area contributed by atoms with E-state index in [0.29, 0.717) is 5.82 Å². The van der Waals surface area contributed by atoms with E-state index < -0.39 is 5.38 Å². The smallest absolute Gasteiger partial charge is 0.238 e. The minimum absolute atomic E-state index is 0.230. The maximum atomic E-state index is 12.1. The number of aryl methyl sites for hydroxylation is 2. The Hall–Kier alpha value is -2.31. The molecule has 29 heavy (non-hydrogen) atoms. The van der Waals surface area contributed by atoms with Gasteiger partial charge in [-0.25, -0.2) is 0 Å². The molecule has 3 aromatic rings. The molecule has 5 nitrogen and oxygen atoms in total. The highest BCUT2D eigenvalue weighted by Crippen LogP contribution is 2.28. The molecular formula is C22H25ClN4OS. The molecule has 0 fully saturated rings. The molecule has 0 saturated heterocycles. The largest absolute Gasteiger partial charge is 0.345 e. The Kier molecular flexibility index (Phi) is 6.98. The first kappa shape index (κ1) is 21.4. The highest BCUT2D eigenvalue weighted by molar-refractivity contribution is 7.98. The molecule has 0 radical (unpaired) electrons. The van der Waals surface area contributed by atoms with Gasteiger partial charge >= 0.3 is 0 Å². The zero-order chi connectivity index (χ0) is 21.0. The van der Waals surface area contributed by atoms with Crippen LogP contribution in [0.5, 0.6) is 0 Å². The number of carbonyl (C=O) groups excluding carboxylic acids is 1. The number of hydrogen-bond acceptors (Lipinski definition) is 4. The first-order valence-electron chi connectivity index (χ1n) is 9.51. The lowest BCUT2D eigenvalue weighted by molar-refractivity contribution is -0.121. The second-order valence-corrected chi connectivity index (χ2v) is 8.67. The van der Waals surface area contributed by atoms with Crippen LogP contribution in [0, 0.1) is 13.8 Å². The van der Waals surface area contributed by atoms with Crippen molar-refractivity contribution in [3.63, 3.8) is 0 Å². The molecule has 0 aliphatic rings. The quantitative estimate of drug-likeness (QED) is 0.425. The van der Waals surface area contributed by atoms with Gasteiger partial charge in [-0.2, -0.15) is 0 Å². The van der Waals surface area contributed by atoms with Crippen LogP contribution in [0.2, 0.25) is 0 Å². The summed E-state index contributed by atoms with van der Waals surface area (Å²) in [5.74, 6) is 1.23. The summed E-state index contributed by atoms with van der Waals surface area (Å²) in [6.07, 6.45) is 0. The number of rotatable bonds is 7. The second-order valence-electron chi connectivity index (χ2n) is 7.07. The van der Waals surface area contributed by atoms with Gasteiger partial charge in [0, 0.05) is 11.4 Å². The van der Waals surface area contributed by atoms with Gasteiger partial charge in [0.05, 0.1) is 6.04 Å². The SMILES string of the molecule is Cc1ccc(-n2c(SCc3ccccc3C)nnc2C(C)NC(=O)C(C)Cl)cc1. The maximum absolute atomic E-state index is 12.1. The number of amides is 1. The molecule has 2 atom stereocenters. The number of halogens is 1. The summed E-state index contributed by atoms with van der Waals surface area (Å²) in [5, 5.41) is 11.9. The zero-order valence-corrected chi connectivity index (χ0v) is 18.6. The average Bonchev–Trinajstić information content (AvgIpc) is 3.12. The van der Waals surface area contributed by atoms with Crippen LogP contribution in [-0.2, 0) is 10.5 Å². The van der Waals surface area contributed by atoms with Crippen molar-refractivity contribution in [3.8, 4) is 5.69 Å². The fraction of sp³-hybridized carbons (Fsp3) is 0.318. The Morgan fingerprint density at radius 2 is 1.79 bits per heavy atom. The van der Waals surface area contributed by atoms with E-state index in [2.05, 4.69) is 53.6 Å². The average molecular weight is 429 g/mol. The summed E-state index contributed by atoms with van der Waals surface area (Å²) in [6, 6.07) is 16.2. The fourth-order valence-electron chi connectivity index (χ4n) is 2.90. The maximum Gasteiger partial charge on any atom is 0.238 e. The third kappa shape index (κ3) is 5.19. The molecule has 0 bridgehead atoms. The summed E-state index contributed by atoms with van der Waals surface area (Å²) >= 11 is 7.54. The first-order valence-corrected chi connectivity index (χ1v) is 10.9. The molecule has 1 N–H and O–H groups in total. The number of thioether (sulfide) groups is 1. The van der Waals surface area contributed by atoms with Crippen LogP contribution in [0.3, 0.4) is 0 Å². The van der Waals surface area contributed by atoms with E-state index in [1.54, 1.807) is 18.7 Å². The molecule has 3 rings (SSSR count). The highest BCUT2D eigenvalue weighted by Gasteiger charge is 2.22. The monoisotopic (exact) mass is 428 g/mol. The molecule has 152 valence electrons. The van der Waals surface area contributed by atoms with E-state index in [9.17, 15) is 4.79 Å². The lowest BCUT2D eigenvalue weighted by Crippen LogP contribution is -2.33. The predicted octanol–water partition coefficient (Wildman–Crippen LogP) is 4.98. The number of carbonyl (C=O) groups is 1. The topological polar surface area (TPSA) is 59.8 Å². The summed E-state index contributed by atoms with van der Waals surface area (Å²) in [5.41, 5.74) is 4.64. The second kappa shape index (κ2) is 9.46. The lowest BCUT2D eigenvalue weighted by Gasteiger charge is -2.17. The van der Waals surface area contributed by atoms with Crippen molar-refractivity contribution in [2.75, 3.05) is 0 Å². The minimum Gasteiger partial charge on any atom is -0.345 e. The molecule has 2 unspecified atom stereocenters. The van der Waals surface area contributed by atoms with E-state index >= 15 is 0 Å².